The highest BCUT2D eigenvalue weighted by Crippen LogP contribution is 2.26. The first-order valence-electron chi connectivity index (χ1n) is 7.09. The second-order valence-electron chi connectivity index (χ2n) is 7.24. The average Bonchev–Trinajstić information content (AvgIpc) is 2.23. The lowest BCUT2D eigenvalue weighted by Gasteiger charge is -2.35. The molecule has 0 amide bonds. The van der Waals surface area contributed by atoms with Crippen LogP contribution in [0.25, 0.3) is 0 Å². The quantitative estimate of drug-likeness (QED) is 0.786. The zero-order chi connectivity index (χ0) is 14.7. The summed E-state index contributed by atoms with van der Waals surface area (Å²) in [5.74, 6) is 0. The molecule has 0 fully saturated rings. The molecule has 0 saturated heterocycles. The van der Waals surface area contributed by atoms with E-state index >= 15 is 0 Å². The number of rotatable bonds is 6. The van der Waals surface area contributed by atoms with E-state index in [9.17, 15) is 0 Å². The van der Waals surface area contributed by atoms with Crippen molar-refractivity contribution in [2.45, 2.75) is 58.4 Å². The van der Waals surface area contributed by atoms with Crippen molar-refractivity contribution >= 4 is 16.6 Å². The van der Waals surface area contributed by atoms with E-state index in [2.05, 4.69) is 81.5 Å². The summed E-state index contributed by atoms with van der Waals surface area (Å²) < 4.78 is 6.43. The van der Waals surface area contributed by atoms with E-state index in [0.717, 1.165) is 0 Å². The molecule has 0 radical (unpaired) electrons. The maximum Gasteiger partial charge on any atom is 0.184 e. The second kappa shape index (κ2) is 6.35. The summed E-state index contributed by atoms with van der Waals surface area (Å²) in [6.07, 6.45) is 0.152. The van der Waals surface area contributed by atoms with Crippen molar-refractivity contribution in [3.05, 3.63) is 35.9 Å². The van der Waals surface area contributed by atoms with Crippen LogP contribution in [0.2, 0.25) is 39.3 Å². The van der Waals surface area contributed by atoms with Crippen molar-refractivity contribution < 1.29 is 4.43 Å². The summed E-state index contributed by atoms with van der Waals surface area (Å²) in [7, 11) is -2.87. The van der Waals surface area contributed by atoms with Crippen molar-refractivity contribution in [2.24, 2.45) is 0 Å². The first kappa shape index (κ1) is 16.6. The molecule has 0 spiro atoms. The molecule has 1 aromatic carbocycles. The Labute approximate surface area is 120 Å². The van der Waals surface area contributed by atoms with Crippen LogP contribution in [0.5, 0.6) is 0 Å². The first-order chi connectivity index (χ1) is 8.58. The Morgan fingerprint density at radius 3 is 1.89 bits per heavy atom. The van der Waals surface area contributed by atoms with E-state index in [0.29, 0.717) is 6.04 Å². The topological polar surface area (TPSA) is 21.3 Å². The van der Waals surface area contributed by atoms with Gasteiger partial charge in [-0.25, -0.2) is 0 Å². The zero-order valence-corrected chi connectivity index (χ0v) is 15.4. The van der Waals surface area contributed by atoms with Crippen LogP contribution in [0, 0.1) is 0 Å². The zero-order valence-electron chi connectivity index (χ0n) is 13.4. The molecular weight excluding hydrogens is 266 g/mol. The van der Waals surface area contributed by atoms with Crippen LogP contribution in [0.3, 0.4) is 0 Å². The normalized spacial score (nSPS) is 16.2. The van der Waals surface area contributed by atoms with Gasteiger partial charge >= 0.3 is 0 Å². The van der Waals surface area contributed by atoms with Gasteiger partial charge < -0.3 is 9.41 Å². The highest BCUT2D eigenvalue weighted by Gasteiger charge is 2.29. The van der Waals surface area contributed by atoms with Crippen LogP contribution in [0.4, 0.5) is 0 Å². The van der Waals surface area contributed by atoms with E-state index in [1.165, 1.54) is 5.56 Å². The molecule has 1 aromatic rings. The van der Waals surface area contributed by atoms with Crippen molar-refractivity contribution in [3.63, 3.8) is 0 Å². The predicted molar refractivity (Wildman–Crippen MR) is 89.6 cm³/mol. The number of benzene rings is 1. The number of hydrogen-bond donors (Lipinski definition) is 1. The largest absolute Gasteiger partial charge is 0.409 e. The van der Waals surface area contributed by atoms with Crippen LogP contribution in [-0.4, -0.2) is 22.6 Å². The van der Waals surface area contributed by atoms with Gasteiger partial charge in [-0.2, -0.15) is 0 Å². The molecule has 19 heavy (non-hydrogen) atoms. The van der Waals surface area contributed by atoms with Gasteiger partial charge in [0.05, 0.1) is 6.10 Å². The molecule has 0 aliphatic heterocycles. The molecule has 2 nitrogen and oxygen atoms in total. The molecule has 0 aliphatic carbocycles. The van der Waals surface area contributed by atoms with E-state index < -0.39 is 16.6 Å². The molecule has 0 saturated carbocycles. The van der Waals surface area contributed by atoms with E-state index in [-0.39, 0.29) is 6.10 Å². The molecule has 2 atom stereocenters. The summed E-state index contributed by atoms with van der Waals surface area (Å²) in [5, 5.41) is 0. The Hall–Kier alpha value is -0.426. The Kier molecular flexibility index (Phi) is 5.56. The standard InChI is InChI=1S/C15H29NOSi2/c1-13(16-18(2,3)4)15(17-19(5,6)7)14-11-9-8-10-12-14/h8-13,15-16H,1-7H3. The van der Waals surface area contributed by atoms with Crippen molar-refractivity contribution in [2.75, 3.05) is 0 Å². The third-order valence-corrected chi connectivity index (χ3v) is 5.01. The highest BCUT2D eigenvalue weighted by atomic mass is 28.4. The number of hydrogen-bond acceptors (Lipinski definition) is 2. The molecule has 0 aliphatic rings. The summed E-state index contributed by atoms with van der Waals surface area (Å²) in [4.78, 5) is 3.78. The fraction of sp³-hybridized carbons (Fsp3) is 0.600. The lowest BCUT2D eigenvalue weighted by atomic mass is 10.0. The van der Waals surface area contributed by atoms with E-state index in [1.807, 2.05) is 0 Å². The van der Waals surface area contributed by atoms with Gasteiger partial charge in [0.1, 0.15) is 8.24 Å². The highest BCUT2D eigenvalue weighted by molar-refractivity contribution is 6.73. The minimum atomic E-state index is -1.57. The maximum atomic E-state index is 6.43. The first-order valence-corrected chi connectivity index (χ1v) is 14.0. The molecule has 2 unspecified atom stereocenters. The third-order valence-electron chi connectivity index (χ3n) is 2.72. The summed E-state index contributed by atoms with van der Waals surface area (Å²) in [6.45, 7) is 16.0. The minimum absolute atomic E-state index is 0.152. The van der Waals surface area contributed by atoms with Gasteiger partial charge in [-0.05, 0) is 32.1 Å². The van der Waals surface area contributed by atoms with Crippen molar-refractivity contribution in [3.8, 4) is 0 Å². The lowest BCUT2D eigenvalue weighted by molar-refractivity contribution is 0.164. The fourth-order valence-corrected chi connectivity index (χ4v) is 4.86. The molecule has 4 heteroatoms. The summed E-state index contributed by atoms with van der Waals surface area (Å²) in [5.41, 5.74) is 1.28. The van der Waals surface area contributed by atoms with E-state index in [1.54, 1.807) is 0 Å². The van der Waals surface area contributed by atoms with Crippen LogP contribution in [0.15, 0.2) is 30.3 Å². The van der Waals surface area contributed by atoms with Crippen molar-refractivity contribution in [1.29, 1.82) is 0 Å². The minimum Gasteiger partial charge on any atom is -0.409 e. The van der Waals surface area contributed by atoms with Gasteiger partial charge in [-0.1, -0.05) is 50.0 Å². The van der Waals surface area contributed by atoms with Gasteiger partial charge in [0, 0.05) is 6.04 Å². The second-order valence-corrected chi connectivity index (χ2v) is 16.5. The SMILES string of the molecule is CC(N[Si](C)(C)C)C(O[Si](C)(C)C)c1ccccc1. The maximum absolute atomic E-state index is 6.43. The summed E-state index contributed by atoms with van der Waals surface area (Å²) >= 11 is 0. The predicted octanol–water partition coefficient (Wildman–Crippen LogP) is 4.39. The molecule has 0 bridgehead atoms. The smallest absolute Gasteiger partial charge is 0.184 e. The third kappa shape index (κ3) is 6.52. The molecular formula is C15H29NOSi2. The lowest BCUT2D eigenvalue weighted by Crippen LogP contribution is -2.50. The number of nitrogens with one attached hydrogen (secondary N) is 1. The van der Waals surface area contributed by atoms with Gasteiger partial charge in [0.2, 0.25) is 0 Å². The Bertz CT molecular complexity index is 381. The van der Waals surface area contributed by atoms with Gasteiger partial charge in [-0.3, -0.25) is 0 Å². The van der Waals surface area contributed by atoms with Crippen LogP contribution in [-0.2, 0) is 4.43 Å². The van der Waals surface area contributed by atoms with E-state index in [4.69, 9.17) is 4.43 Å². The monoisotopic (exact) mass is 295 g/mol. The molecule has 1 N–H and O–H groups in total. The Balaban J connectivity index is 2.93. The van der Waals surface area contributed by atoms with Gasteiger partial charge in [-0.15, -0.1) is 0 Å². The van der Waals surface area contributed by atoms with Gasteiger partial charge in [0.15, 0.2) is 8.32 Å². The summed E-state index contributed by atoms with van der Waals surface area (Å²) in [6, 6.07) is 10.9. The van der Waals surface area contributed by atoms with Crippen LogP contribution >= 0.6 is 0 Å². The van der Waals surface area contributed by atoms with Crippen LogP contribution in [0.1, 0.15) is 18.6 Å². The average molecular weight is 296 g/mol. The van der Waals surface area contributed by atoms with Gasteiger partial charge in [0.25, 0.3) is 0 Å². The van der Waals surface area contributed by atoms with Crippen LogP contribution < -0.4 is 4.98 Å². The molecule has 1 rings (SSSR count). The Morgan fingerprint density at radius 2 is 1.47 bits per heavy atom. The Morgan fingerprint density at radius 1 is 0.947 bits per heavy atom. The fourth-order valence-electron chi connectivity index (χ4n) is 2.24. The van der Waals surface area contributed by atoms with Crippen molar-refractivity contribution in [1.82, 2.24) is 4.98 Å². The molecule has 108 valence electrons. The molecule has 0 heterocycles. The molecule has 0 aromatic heterocycles.